The Labute approximate surface area is 360 Å². The van der Waals surface area contributed by atoms with Crippen LogP contribution in [0.5, 0.6) is 0 Å². The van der Waals surface area contributed by atoms with Crippen LogP contribution in [0.1, 0.15) is 136 Å². The number of aryl methyl sites for hydroxylation is 1. The molecule has 4 aromatic carbocycles. The fraction of sp³-hybridized carbons (Fsp3) is 0.462. The Hall–Kier alpha value is -2.18. The first-order valence-corrected chi connectivity index (χ1v) is 22.3. The summed E-state index contributed by atoms with van der Waals surface area (Å²) in [5, 5.41) is 2.93. The average molecular weight is 847 g/mol. The van der Waals surface area contributed by atoms with Crippen molar-refractivity contribution >= 4 is 14.5 Å². The maximum absolute atomic E-state index is 3.38. The number of rotatable bonds is 3. The van der Waals surface area contributed by atoms with Gasteiger partial charge < -0.3 is 24.8 Å². The van der Waals surface area contributed by atoms with Gasteiger partial charge in [-0.2, -0.15) is 23.1 Å². The molecule has 4 atom stereocenters. The number of fused-ring (bicyclic) bond motifs is 8. The monoisotopic (exact) mass is 844 g/mol. The minimum atomic E-state index is 0. The van der Waals surface area contributed by atoms with Gasteiger partial charge in [-0.15, -0.1) is 17.5 Å². The van der Waals surface area contributed by atoms with Crippen molar-refractivity contribution in [2.75, 3.05) is 0 Å². The summed E-state index contributed by atoms with van der Waals surface area (Å²) in [5.74, 6) is 7.17. The fourth-order valence-corrected chi connectivity index (χ4v) is 13.0. The quantitative estimate of drug-likeness (QED) is 0.186. The van der Waals surface area contributed by atoms with Crippen molar-refractivity contribution in [2.24, 2.45) is 35.0 Å². The zero-order valence-corrected chi connectivity index (χ0v) is 38.4. The summed E-state index contributed by atoms with van der Waals surface area (Å²) >= 11 is 1.51. The first-order valence-electron chi connectivity index (χ1n) is 20.9. The van der Waals surface area contributed by atoms with Crippen molar-refractivity contribution in [1.29, 1.82) is 0 Å². The van der Waals surface area contributed by atoms with Crippen LogP contribution >= 0.6 is 0 Å². The molecule has 0 amide bonds. The molecule has 4 saturated carbocycles. The van der Waals surface area contributed by atoms with E-state index in [0.717, 1.165) is 30.6 Å². The van der Waals surface area contributed by atoms with Crippen LogP contribution in [-0.2, 0) is 30.7 Å². The number of halogens is 2. The van der Waals surface area contributed by atoms with E-state index in [-0.39, 0.29) is 24.8 Å². The summed E-state index contributed by atoms with van der Waals surface area (Å²) in [4.78, 5) is 0. The van der Waals surface area contributed by atoms with Gasteiger partial charge in [-0.25, -0.2) is 6.08 Å². The van der Waals surface area contributed by atoms with E-state index in [1.807, 2.05) is 6.07 Å². The van der Waals surface area contributed by atoms with Crippen molar-refractivity contribution in [2.45, 2.75) is 119 Å². The van der Waals surface area contributed by atoms with Crippen molar-refractivity contribution < 1.29 is 49.0 Å². The second-order valence-corrected chi connectivity index (χ2v) is 19.2. The molecule has 0 nitrogen and oxygen atoms in total. The first kappa shape index (κ1) is 42.4. The second kappa shape index (κ2) is 17.0. The molecule has 288 valence electrons. The Morgan fingerprint density at radius 1 is 0.782 bits per heavy atom. The molecule has 7 aliphatic carbocycles. The Bertz CT molecular complexity index is 2070. The van der Waals surface area contributed by atoms with Gasteiger partial charge in [0.1, 0.15) is 0 Å². The Balaban J connectivity index is 0.000000164. The minimum absolute atomic E-state index is 0. The molecule has 4 bridgehead atoms. The van der Waals surface area contributed by atoms with Crippen molar-refractivity contribution in [1.82, 2.24) is 0 Å². The Kier molecular flexibility index (Phi) is 13.1. The Morgan fingerprint density at radius 3 is 1.96 bits per heavy atom. The van der Waals surface area contributed by atoms with Gasteiger partial charge in [0, 0.05) is 0 Å². The molecule has 4 aromatic rings. The van der Waals surface area contributed by atoms with Gasteiger partial charge in [0.15, 0.2) is 0 Å². The molecule has 55 heavy (non-hydrogen) atoms. The van der Waals surface area contributed by atoms with Crippen molar-refractivity contribution in [3.8, 4) is 11.1 Å². The molecule has 0 aliphatic heterocycles. The molecule has 0 N–H and O–H groups in total. The van der Waals surface area contributed by atoms with Crippen LogP contribution in [0.4, 0.5) is 0 Å². The summed E-state index contributed by atoms with van der Waals surface area (Å²) in [6.07, 6.45) is 19.5. The molecular formula is C52H60Cl2Zr-2. The standard InChI is InChI=1S/C29H33.C15H19.C8H8.2ClH.Zr/c1-14-13-24-25(18(5)15(14)2)21(8)28-27-20(7)17(4)16(3)19(6)26(27)22-11-9-10-12-23(22)29(24)28;1-2-4-14(3-1)15-8-11-5-12(9-15)7-13(6-11)10-15;1-2-8-6-4-3-5-7-8;;;/h9-13,16-17,19,21H,1-8H3;3-4,11-13H,1,5-10H2;1,3-7H,2H2;2*1H;/q2*-1;;;;+2/p-2. The summed E-state index contributed by atoms with van der Waals surface area (Å²) in [5.41, 5.74) is 17.4. The fourth-order valence-electron chi connectivity index (χ4n) is 12.4. The van der Waals surface area contributed by atoms with E-state index in [0.29, 0.717) is 29.1 Å². The van der Waals surface area contributed by atoms with E-state index in [2.05, 4.69) is 132 Å². The number of hydrogen-bond donors (Lipinski definition) is 0. The van der Waals surface area contributed by atoms with Crippen LogP contribution in [0.25, 0.3) is 21.9 Å². The molecule has 0 saturated heterocycles. The van der Waals surface area contributed by atoms with Gasteiger partial charge in [0.2, 0.25) is 0 Å². The molecule has 0 spiro atoms. The molecule has 7 aliphatic rings. The van der Waals surface area contributed by atoms with Gasteiger partial charge in [-0.1, -0.05) is 118 Å². The molecule has 11 rings (SSSR count). The SMILES string of the molecule is Cc1cc2c(c(C)c1C)C(C)c1c3c(c4ccccc4c1-2)C(C)C(C)C(C)[C-]3C.[C-]1=CC(C23CC4CC(CC(C4)C2)C3)=CC1.[Cl-].[Cl-].[Zr+2]=[CH]Cc1ccccc1. The summed E-state index contributed by atoms with van der Waals surface area (Å²) in [7, 11) is 0. The van der Waals surface area contributed by atoms with Crippen LogP contribution in [-0.4, -0.2) is 3.71 Å². The third-order valence-corrected chi connectivity index (χ3v) is 15.8. The maximum atomic E-state index is 3.38. The van der Waals surface area contributed by atoms with Crippen LogP contribution < -0.4 is 24.8 Å². The zero-order chi connectivity index (χ0) is 37.2. The molecular weight excluding hydrogens is 787 g/mol. The van der Waals surface area contributed by atoms with E-state index in [9.17, 15) is 0 Å². The zero-order valence-electron chi connectivity index (χ0n) is 34.5. The first-order chi connectivity index (χ1) is 25.5. The summed E-state index contributed by atoms with van der Waals surface area (Å²) < 4.78 is 2.25. The predicted molar refractivity (Wildman–Crippen MR) is 223 cm³/mol. The molecule has 3 heteroatoms. The van der Waals surface area contributed by atoms with Gasteiger partial charge in [0.25, 0.3) is 0 Å². The number of hydrogen-bond acceptors (Lipinski definition) is 0. The van der Waals surface area contributed by atoms with Crippen LogP contribution in [0.2, 0.25) is 0 Å². The predicted octanol–water partition coefficient (Wildman–Crippen LogP) is 7.71. The topological polar surface area (TPSA) is 0 Å². The van der Waals surface area contributed by atoms with E-state index >= 15 is 0 Å². The van der Waals surface area contributed by atoms with Gasteiger partial charge in [-0.05, 0) is 96.9 Å². The molecule has 0 aromatic heterocycles. The molecule has 4 fully saturated rings. The number of allylic oxidation sites excluding steroid dienone is 4. The van der Waals surface area contributed by atoms with E-state index in [1.165, 1.54) is 87.7 Å². The summed E-state index contributed by atoms with van der Waals surface area (Å²) in [6, 6.07) is 22.2. The third-order valence-electron chi connectivity index (χ3n) is 15.3. The van der Waals surface area contributed by atoms with Gasteiger partial charge in [0.05, 0.1) is 0 Å². The van der Waals surface area contributed by atoms with Crippen LogP contribution in [0.15, 0.2) is 78.4 Å². The molecule has 0 heterocycles. The van der Waals surface area contributed by atoms with E-state index in [1.54, 1.807) is 53.0 Å². The second-order valence-electron chi connectivity index (χ2n) is 18.2. The van der Waals surface area contributed by atoms with E-state index < -0.39 is 0 Å². The van der Waals surface area contributed by atoms with Crippen LogP contribution in [0, 0.1) is 67.8 Å². The summed E-state index contributed by atoms with van der Waals surface area (Å²) in [6.45, 7) is 19.1. The Morgan fingerprint density at radius 2 is 1.38 bits per heavy atom. The van der Waals surface area contributed by atoms with Gasteiger partial charge >= 0.3 is 70.3 Å². The average Bonchev–Trinajstić information content (AvgIpc) is 3.80. The van der Waals surface area contributed by atoms with E-state index in [4.69, 9.17) is 0 Å². The number of benzene rings is 4. The van der Waals surface area contributed by atoms with Crippen molar-refractivity contribution in [3.63, 3.8) is 0 Å². The third kappa shape index (κ3) is 7.40. The normalized spacial score (nSPS) is 28.7. The van der Waals surface area contributed by atoms with Gasteiger partial charge in [-0.3, -0.25) is 6.08 Å². The molecule has 4 unspecified atom stereocenters. The molecule has 0 radical (unpaired) electrons. The van der Waals surface area contributed by atoms with Crippen LogP contribution in [0.3, 0.4) is 0 Å². The van der Waals surface area contributed by atoms with Crippen molar-refractivity contribution in [3.05, 3.63) is 135 Å².